The van der Waals surface area contributed by atoms with Crippen molar-refractivity contribution < 1.29 is 49.6 Å². The number of aliphatic carboxylic acids is 2. The van der Waals surface area contributed by atoms with E-state index in [-0.39, 0.29) is 63.7 Å². The third-order valence-corrected chi connectivity index (χ3v) is 5.69. The number of nitrogens with zero attached hydrogens (tertiary/aromatic N) is 2. The van der Waals surface area contributed by atoms with Crippen molar-refractivity contribution in [2.45, 2.75) is 78.4 Å². The van der Waals surface area contributed by atoms with Gasteiger partial charge in [0.25, 0.3) is 0 Å². The van der Waals surface area contributed by atoms with Gasteiger partial charge in [0.05, 0.1) is 22.6 Å². The summed E-state index contributed by atoms with van der Waals surface area (Å²) in [6.45, 7) is 11.3. The molecule has 0 amide bonds. The highest BCUT2D eigenvalue weighted by molar-refractivity contribution is 5.68. The first-order valence-electron chi connectivity index (χ1n) is 13.7. The van der Waals surface area contributed by atoms with Crippen molar-refractivity contribution in [3.63, 3.8) is 0 Å². The Morgan fingerprint density at radius 3 is 1.33 bits per heavy atom. The summed E-state index contributed by atoms with van der Waals surface area (Å²) in [6.07, 6.45) is 0.419. The van der Waals surface area contributed by atoms with Crippen LogP contribution in [-0.4, -0.2) is 70.1 Å². The summed E-state index contributed by atoms with van der Waals surface area (Å²) in [6, 6.07) is 9.73. The number of anilines is 2. The fourth-order valence-corrected chi connectivity index (χ4v) is 3.74. The largest absolute Gasteiger partial charge is 0.506 e. The minimum absolute atomic E-state index is 0.0363. The van der Waals surface area contributed by atoms with E-state index in [0.717, 1.165) is 11.1 Å². The number of carboxylic acids is 2. The number of carboxylic acid groups (broad SMARTS) is 2. The number of phenols is 2. The average Bonchev–Trinajstić information content (AvgIpc) is 2.87. The summed E-state index contributed by atoms with van der Waals surface area (Å²) in [5.41, 5.74) is 1.06. The van der Waals surface area contributed by atoms with Gasteiger partial charge in [0.1, 0.15) is 11.5 Å². The maximum absolute atomic E-state index is 11.1. The second kappa shape index (κ2) is 15.6. The van der Waals surface area contributed by atoms with Crippen molar-refractivity contribution in [3.8, 4) is 11.5 Å². The van der Waals surface area contributed by atoms with Crippen LogP contribution in [0.1, 0.15) is 65.5 Å². The molecule has 2 aromatic rings. The first-order chi connectivity index (χ1) is 19.5. The number of hydrogen-bond donors (Lipinski definition) is 4. The molecule has 0 aliphatic heterocycles. The number of carbonyl (C=O) groups is 2. The minimum Gasteiger partial charge on any atom is -0.506 e. The van der Waals surface area contributed by atoms with E-state index in [2.05, 4.69) is 0 Å². The Hall–Kier alpha value is -3.58. The molecule has 0 spiro atoms. The van der Waals surface area contributed by atoms with Crippen molar-refractivity contribution >= 4 is 23.3 Å². The topological polar surface area (TPSA) is 158 Å². The number of aromatic hydroxyl groups is 2. The lowest BCUT2D eigenvalue weighted by molar-refractivity contribution is -0.348. The molecule has 0 radical (unpaired) electrons. The monoisotopic (exact) mass is 592 g/mol. The van der Waals surface area contributed by atoms with E-state index in [1.54, 1.807) is 34.1 Å². The first-order valence-corrected chi connectivity index (χ1v) is 13.7. The average molecular weight is 593 g/mol. The molecule has 0 aliphatic carbocycles. The lowest BCUT2D eigenvalue weighted by Crippen LogP contribution is -2.39. The molecule has 0 aromatic heterocycles. The van der Waals surface area contributed by atoms with Crippen LogP contribution in [0.15, 0.2) is 36.4 Å². The predicted molar refractivity (Wildman–Crippen MR) is 156 cm³/mol. The lowest BCUT2D eigenvalue weighted by atomic mass is 10.1. The quantitative estimate of drug-likeness (QED) is 0.113. The van der Waals surface area contributed by atoms with E-state index >= 15 is 0 Å². The fourth-order valence-electron chi connectivity index (χ4n) is 3.74. The third kappa shape index (κ3) is 12.9. The van der Waals surface area contributed by atoms with Crippen LogP contribution in [0.25, 0.3) is 0 Å². The summed E-state index contributed by atoms with van der Waals surface area (Å²) >= 11 is 0. The smallest absolute Gasteiger partial charge is 0.303 e. The first kappa shape index (κ1) is 34.6. The van der Waals surface area contributed by atoms with Gasteiger partial charge in [-0.3, -0.25) is 9.59 Å². The van der Waals surface area contributed by atoms with Crippen molar-refractivity contribution in [2.24, 2.45) is 0 Å². The Morgan fingerprint density at radius 2 is 1.02 bits per heavy atom. The van der Waals surface area contributed by atoms with Crippen LogP contribution in [0.5, 0.6) is 11.5 Å². The second-order valence-corrected chi connectivity index (χ2v) is 11.8. The van der Waals surface area contributed by atoms with E-state index in [1.807, 2.05) is 41.5 Å². The van der Waals surface area contributed by atoms with Crippen LogP contribution in [0.3, 0.4) is 0 Å². The van der Waals surface area contributed by atoms with Crippen molar-refractivity contribution in [2.75, 3.05) is 36.4 Å². The molecule has 0 fully saturated rings. The van der Waals surface area contributed by atoms with Gasteiger partial charge in [0.15, 0.2) is 13.5 Å². The van der Waals surface area contributed by atoms with E-state index in [0.29, 0.717) is 11.4 Å². The molecule has 4 N–H and O–H groups in total. The van der Waals surface area contributed by atoms with Gasteiger partial charge in [0, 0.05) is 25.9 Å². The Kier molecular flexibility index (Phi) is 12.9. The third-order valence-electron chi connectivity index (χ3n) is 5.69. The normalized spacial score (nSPS) is 11.9. The highest BCUT2D eigenvalue weighted by Gasteiger charge is 2.21. The lowest BCUT2D eigenvalue weighted by Gasteiger charge is -2.32. The van der Waals surface area contributed by atoms with Crippen molar-refractivity contribution in [1.82, 2.24) is 0 Å². The van der Waals surface area contributed by atoms with Crippen LogP contribution >= 0.6 is 0 Å². The Labute approximate surface area is 246 Å². The zero-order valence-corrected chi connectivity index (χ0v) is 25.3. The molecule has 0 bridgehead atoms. The maximum Gasteiger partial charge on any atom is 0.303 e. The number of rotatable bonds is 17. The van der Waals surface area contributed by atoms with Crippen LogP contribution in [0.2, 0.25) is 0 Å². The Balaban J connectivity index is 2.38. The van der Waals surface area contributed by atoms with Gasteiger partial charge < -0.3 is 30.2 Å². The number of aryl methyl sites for hydroxylation is 2. The van der Waals surface area contributed by atoms with Crippen molar-refractivity contribution in [3.05, 3.63) is 47.5 Å². The number of phenolic OH excluding ortho intramolecular Hbond substituents is 2. The van der Waals surface area contributed by atoms with Gasteiger partial charge >= 0.3 is 11.9 Å². The summed E-state index contributed by atoms with van der Waals surface area (Å²) in [7, 11) is 0. The molecule has 2 rings (SSSR count). The molecule has 12 nitrogen and oxygen atoms in total. The molecule has 0 saturated carbocycles. The van der Waals surface area contributed by atoms with E-state index < -0.39 is 23.1 Å². The highest BCUT2D eigenvalue weighted by atomic mass is 17.2. The van der Waals surface area contributed by atoms with Crippen LogP contribution in [0.4, 0.5) is 11.4 Å². The molecule has 234 valence electrons. The van der Waals surface area contributed by atoms with Gasteiger partial charge in [-0.25, -0.2) is 19.6 Å². The Bertz CT molecular complexity index is 1080. The standard InChI is InChI=1S/C30H44N2O10/c1-29(2,3)41-39-19-31(23-17-21(7-11-25(23)33)9-13-27(35)36)15-16-32(20-40-42-30(4,5)6)24-18-22(8-12-26(24)34)10-14-28(37)38/h7-8,11-12,17-18,33-34H,9-10,13-16,19-20H2,1-6H3,(H,35,36)(H,37,38). The van der Waals surface area contributed by atoms with E-state index in [9.17, 15) is 19.8 Å². The SMILES string of the molecule is CC(C)(C)OOCN(CCN(COOC(C)(C)C)c1cc(CCC(=O)O)ccc1O)c1cc(CCC(=O)O)ccc1O. The van der Waals surface area contributed by atoms with Crippen molar-refractivity contribution in [1.29, 1.82) is 0 Å². The second-order valence-electron chi connectivity index (χ2n) is 11.8. The molecule has 0 atom stereocenters. The summed E-state index contributed by atoms with van der Waals surface area (Å²) < 4.78 is 0. The van der Waals surface area contributed by atoms with Crippen LogP contribution in [0, 0.1) is 0 Å². The summed E-state index contributed by atoms with van der Waals surface area (Å²) in [5, 5.41) is 39.7. The predicted octanol–water partition coefficient (Wildman–Crippen LogP) is 4.85. The molecular weight excluding hydrogens is 548 g/mol. The molecule has 12 heteroatoms. The van der Waals surface area contributed by atoms with Gasteiger partial charge in [-0.05, 0) is 89.8 Å². The molecule has 0 heterocycles. The molecule has 0 aliphatic rings. The van der Waals surface area contributed by atoms with E-state index in [4.69, 9.17) is 29.8 Å². The molecular formula is C30H44N2O10. The molecule has 2 aromatic carbocycles. The molecule has 0 saturated heterocycles. The van der Waals surface area contributed by atoms with Gasteiger partial charge in [-0.2, -0.15) is 0 Å². The number of benzene rings is 2. The molecule has 42 heavy (non-hydrogen) atoms. The maximum atomic E-state index is 11.1. The minimum atomic E-state index is -0.929. The van der Waals surface area contributed by atoms with E-state index in [1.165, 1.54) is 12.1 Å². The summed E-state index contributed by atoms with van der Waals surface area (Å²) in [4.78, 5) is 47.6. The molecule has 0 unspecified atom stereocenters. The number of hydrogen-bond acceptors (Lipinski definition) is 10. The zero-order valence-electron chi connectivity index (χ0n) is 25.3. The van der Waals surface area contributed by atoms with Gasteiger partial charge in [-0.1, -0.05) is 12.1 Å². The zero-order chi connectivity index (χ0) is 31.5. The van der Waals surface area contributed by atoms with Gasteiger partial charge in [0.2, 0.25) is 0 Å². The highest BCUT2D eigenvalue weighted by Crippen LogP contribution is 2.32. The van der Waals surface area contributed by atoms with Crippen LogP contribution < -0.4 is 9.80 Å². The van der Waals surface area contributed by atoms with Crippen LogP contribution in [-0.2, 0) is 42.0 Å². The summed E-state index contributed by atoms with van der Waals surface area (Å²) in [5.74, 6) is -1.93. The Morgan fingerprint density at radius 1 is 0.667 bits per heavy atom. The fraction of sp³-hybridized carbons (Fsp3) is 0.533. The van der Waals surface area contributed by atoms with Gasteiger partial charge in [-0.15, -0.1) is 0 Å².